The Hall–Kier alpha value is -5.50. The molecule has 2 heterocycles. The minimum Gasteiger partial charge on any atom is -0.337 e. The molecule has 0 fully saturated rings. The van der Waals surface area contributed by atoms with Gasteiger partial charge in [-0.15, -0.1) is 0 Å². The maximum atomic E-state index is 4.84. The fourth-order valence-electron chi connectivity index (χ4n) is 4.33. The van der Waals surface area contributed by atoms with E-state index in [1.165, 1.54) is 22.3 Å². The van der Waals surface area contributed by atoms with Gasteiger partial charge in [0, 0.05) is 22.7 Å². The largest absolute Gasteiger partial charge is 0.337 e. The van der Waals surface area contributed by atoms with E-state index in [1.807, 2.05) is 48.5 Å². The Morgan fingerprint density at radius 3 is 0.690 bits per heavy atom. The van der Waals surface area contributed by atoms with Crippen LogP contribution in [0, 0.1) is 27.7 Å². The molecule has 208 valence electrons. The molecule has 0 aliphatic carbocycles. The summed E-state index contributed by atoms with van der Waals surface area (Å²) >= 11 is 0. The molecule has 2 aliphatic heterocycles. The van der Waals surface area contributed by atoms with E-state index in [9.17, 15) is 0 Å². The summed E-state index contributed by atoms with van der Waals surface area (Å²) in [6.07, 6.45) is 0. The van der Waals surface area contributed by atoms with Gasteiger partial charge in [-0.3, -0.25) is 0 Å². The van der Waals surface area contributed by atoms with Crippen molar-refractivity contribution in [3.8, 4) is 0 Å². The van der Waals surface area contributed by atoms with E-state index in [4.69, 9.17) is 20.0 Å². The van der Waals surface area contributed by atoms with E-state index in [2.05, 4.69) is 97.5 Å². The summed E-state index contributed by atoms with van der Waals surface area (Å²) in [5.74, 6) is 3.15. The number of anilines is 4. The lowest BCUT2D eigenvalue weighted by Crippen LogP contribution is -2.27. The Kier molecular flexibility index (Phi) is 7.34. The van der Waals surface area contributed by atoms with Gasteiger partial charge in [-0.2, -0.15) is 0 Å². The normalized spacial score (nSPS) is 14.2. The molecular weight excluding hydrogens is 520 g/mol. The highest BCUT2D eigenvalue weighted by atomic mass is 15.3. The molecule has 0 bridgehead atoms. The van der Waals surface area contributed by atoms with Crippen molar-refractivity contribution in [1.82, 2.24) is 0 Å². The summed E-state index contributed by atoms with van der Waals surface area (Å²) in [5, 5.41) is 13.6. The van der Waals surface area contributed by atoms with E-state index >= 15 is 0 Å². The first-order valence-electron chi connectivity index (χ1n) is 13.8. The van der Waals surface area contributed by atoms with Crippen LogP contribution >= 0.6 is 0 Å². The topological polar surface area (TPSA) is 97.6 Å². The van der Waals surface area contributed by atoms with Crippen molar-refractivity contribution in [2.75, 3.05) is 21.3 Å². The lowest BCUT2D eigenvalue weighted by Gasteiger charge is -2.11. The number of aliphatic imine (C=N–C) groups is 4. The maximum Gasteiger partial charge on any atom is 0.202 e. The summed E-state index contributed by atoms with van der Waals surface area (Å²) in [7, 11) is 0. The van der Waals surface area contributed by atoms with Gasteiger partial charge in [-0.25, -0.2) is 20.0 Å². The van der Waals surface area contributed by atoms with Crippen LogP contribution < -0.4 is 21.3 Å². The molecule has 0 saturated heterocycles. The highest BCUT2D eigenvalue weighted by Crippen LogP contribution is 2.25. The Balaban J connectivity index is 1.38. The zero-order valence-corrected chi connectivity index (χ0v) is 24.0. The molecule has 0 radical (unpaired) electrons. The molecular formula is C34H32N8. The molecule has 8 nitrogen and oxygen atoms in total. The average molecular weight is 553 g/mol. The van der Waals surface area contributed by atoms with Crippen molar-refractivity contribution in [3.05, 3.63) is 131 Å². The SMILES string of the molecule is Cc1ccc(NC2=NC(=C3N=C(Nc4ccc(C)cc4)C(Nc4ccc(C)cc4)=N3)N=C2Nc2ccc(C)cc2)cc1. The van der Waals surface area contributed by atoms with Crippen LogP contribution in [-0.4, -0.2) is 23.3 Å². The molecule has 0 amide bonds. The molecule has 0 unspecified atom stereocenters. The molecule has 2 aliphatic rings. The van der Waals surface area contributed by atoms with Crippen molar-refractivity contribution in [2.24, 2.45) is 20.0 Å². The number of nitrogens with one attached hydrogen (secondary N) is 4. The second kappa shape index (κ2) is 11.5. The van der Waals surface area contributed by atoms with Gasteiger partial charge < -0.3 is 21.3 Å². The van der Waals surface area contributed by atoms with E-state index < -0.39 is 0 Å². The minimum absolute atomic E-state index is 0.406. The number of rotatable bonds is 4. The summed E-state index contributed by atoms with van der Waals surface area (Å²) in [6.45, 7) is 8.25. The molecule has 0 spiro atoms. The number of hydrogen-bond donors (Lipinski definition) is 4. The summed E-state index contributed by atoms with van der Waals surface area (Å²) in [5.41, 5.74) is 8.36. The number of nitrogens with zero attached hydrogens (tertiary/aromatic N) is 4. The summed E-state index contributed by atoms with van der Waals surface area (Å²) < 4.78 is 0. The predicted octanol–water partition coefficient (Wildman–Crippen LogP) is 7.42. The van der Waals surface area contributed by atoms with Crippen molar-refractivity contribution >= 4 is 46.1 Å². The van der Waals surface area contributed by atoms with Crippen LogP contribution in [0.2, 0.25) is 0 Å². The third kappa shape index (κ3) is 6.28. The van der Waals surface area contributed by atoms with Crippen LogP contribution in [-0.2, 0) is 0 Å². The third-order valence-electron chi connectivity index (χ3n) is 6.78. The molecule has 0 saturated carbocycles. The van der Waals surface area contributed by atoms with Crippen LogP contribution in [0.15, 0.2) is 129 Å². The number of hydrogen-bond acceptors (Lipinski definition) is 8. The van der Waals surface area contributed by atoms with Crippen molar-refractivity contribution < 1.29 is 0 Å². The van der Waals surface area contributed by atoms with E-state index in [1.54, 1.807) is 0 Å². The fourth-order valence-corrected chi connectivity index (χ4v) is 4.33. The second-order valence-corrected chi connectivity index (χ2v) is 10.5. The molecule has 8 heteroatoms. The van der Waals surface area contributed by atoms with Crippen molar-refractivity contribution in [2.45, 2.75) is 27.7 Å². The van der Waals surface area contributed by atoms with Gasteiger partial charge in [0.2, 0.25) is 11.6 Å². The molecule has 4 aromatic carbocycles. The monoisotopic (exact) mass is 552 g/mol. The lowest BCUT2D eigenvalue weighted by atomic mass is 10.2. The van der Waals surface area contributed by atoms with Crippen LogP contribution in [0.5, 0.6) is 0 Å². The maximum absolute atomic E-state index is 4.84. The van der Waals surface area contributed by atoms with E-state index in [0.717, 1.165) is 22.7 Å². The van der Waals surface area contributed by atoms with Gasteiger partial charge in [0.05, 0.1) is 0 Å². The molecule has 0 atom stereocenters. The molecule has 42 heavy (non-hydrogen) atoms. The summed E-state index contributed by atoms with van der Waals surface area (Å²) in [4.78, 5) is 19.4. The number of amidine groups is 4. The third-order valence-corrected chi connectivity index (χ3v) is 6.78. The zero-order valence-electron chi connectivity index (χ0n) is 24.0. The van der Waals surface area contributed by atoms with Crippen molar-refractivity contribution in [3.63, 3.8) is 0 Å². The van der Waals surface area contributed by atoms with Gasteiger partial charge in [0.15, 0.2) is 23.3 Å². The minimum atomic E-state index is 0.406. The average Bonchev–Trinajstić information content (AvgIpc) is 3.57. The van der Waals surface area contributed by atoms with Gasteiger partial charge in [0.25, 0.3) is 0 Å². The zero-order chi connectivity index (χ0) is 29.1. The molecule has 4 N–H and O–H groups in total. The van der Waals surface area contributed by atoms with Crippen LogP contribution in [0.25, 0.3) is 0 Å². The van der Waals surface area contributed by atoms with Crippen LogP contribution in [0.1, 0.15) is 22.3 Å². The Morgan fingerprint density at radius 2 is 0.500 bits per heavy atom. The smallest absolute Gasteiger partial charge is 0.202 e. The second-order valence-electron chi connectivity index (χ2n) is 10.5. The van der Waals surface area contributed by atoms with Gasteiger partial charge in [0.1, 0.15) is 0 Å². The first-order chi connectivity index (χ1) is 20.4. The van der Waals surface area contributed by atoms with Crippen LogP contribution in [0.4, 0.5) is 22.7 Å². The van der Waals surface area contributed by atoms with Crippen LogP contribution in [0.3, 0.4) is 0 Å². The Morgan fingerprint density at radius 1 is 0.310 bits per heavy atom. The van der Waals surface area contributed by atoms with Gasteiger partial charge in [-0.05, 0) is 76.2 Å². The van der Waals surface area contributed by atoms with Gasteiger partial charge >= 0.3 is 0 Å². The van der Waals surface area contributed by atoms with Gasteiger partial charge in [-0.1, -0.05) is 70.8 Å². The fraction of sp³-hybridized carbons (Fsp3) is 0.118. The molecule has 4 aromatic rings. The highest BCUT2D eigenvalue weighted by molar-refractivity contribution is 6.51. The Labute approximate surface area is 245 Å². The predicted molar refractivity (Wildman–Crippen MR) is 176 cm³/mol. The molecule has 6 rings (SSSR count). The van der Waals surface area contributed by atoms with E-state index in [-0.39, 0.29) is 0 Å². The number of benzene rings is 4. The highest BCUT2D eigenvalue weighted by Gasteiger charge is 2.26. The molecule has 0 aromatic heterocycles. The Bertz CT molecular complexity index is 1490. The first-order valence-corrected chi connectivity index (χ1v) is 13.8. The quantitative estimate of drug-likeness (QED) is 0.212. The standard InChI is InChI=1S/C34H32N8/c1-21-5-13-25(14-6-21)35-29-30(36-26-15-7-22(2)8-16-26)40-33(39-29)34-41-31(37-27-17-9-23(3)10-18-27)32(42-34)38-28-19-11-24(4)12-20-28/h5-20H,1-4H3,(H,35,39)(H,36,40)(H,37,41)(H,38,42). The number of aryl methyl sites for hydroxylation is 4. The van der Waals surface area contributed by atoms with Crippen molar-refractivity contribution in [1.29, 1.82) is 0 Å². The first kappa shape index (κ1) is 26.7. The van der Waals surface area contributed by atoms with E-state index in [0.29, 0.717) is 35.0 Å². The lowest BCUT2D eigenvalue weighted by molar-refractivity contribution is 1.12. The summed E-state index contributed by atoms with van der Waals surface area (Å²) in [6, 6.07) is 32.6.